The van der Waals surface area contributed by atoms with Crippen molar-refractivity contribution in [3.8, 4) is 0 Å². The van der Waals surface area contributed by atoms with Gasteiger partial charge in [0.05, 0.1) is 11.0 Å². The molecule has 0 bridgehead atoms. The van der Waals surface area contributed by atoms with Gasteiger partial charge in [-0.3, -0.25) is 19.7 Å². The van der Waals surface area contributed by atoms with Crippen molar-refractivity contribution in [3.05, 3.63) is 74.8 Å². The molecule has 2 aromatic rings. The van der Waals surface area contributed by atoms with Gasteiger partial charge < -0.3 is 4.90 Å². The van der Waals surface area contributed by atoms with Crippen LogP contribution >= 0.6 is 0 Å². The van der Waals surface area contributed by atoms with Crippen LogP contribution in [0.2, 0.25) is 0 Å². The van der Waals surface area contributed by atoms with Crippen molar-refractivity contribution >= 4 is 17.4 Å². The van der Waals surface area contributed by atoms with Crippen molar-refractivity contribution in [1.29, 1.82) is 0 Å². The van der Waals surface area contributed by atoms with E-state index in [9.17, 15) is 19.7 Å². The summed E-state index contributed by atoms with van der Waals surface area (Å²) in [6, 6.07) is 10.2. The van der Waals surface area contributed by atoms with Gasteiger partial charge in [-0.25, -0.2) is 0 Å². The van der Waals surface area contributed by atoms with E-state index in [0.717, 1.165) is 11.1 Å². The zero-order valence-corrected chi connectivity index (χ0v) is 14.6. The number of carbonyl (C=O) groups excluding carboxylic acids is 2. The summed E-state index contributed by atoms with van der Waals surface area (Å²) >= 11 is 0. The third-order valence-corrected chi connectivity index (χ3v) is 4.38. The van der Waals surface area contributed by atoms with Crippen LogP contribution in [-0.4, -0.2) is 34.6 Å². The first-order chi connectivity index (χ1) is 11.7. The van der Waals surface area contributed by atoms with E-state index in [1.54, 1.807) is 19.1 Å². The second kappa shape index (κ2) is 7.25. The lowest BCUT2D eigenvalue weighted by Gasteiger charge is -2.24. The summed E-state index contributed by atoms with van der Waals surface area (Å²) in [6.45, 7) is 5.53. The predicted octanol–water partition coefficient (Wildman–Crippen LogP) is 3.56. The van der Waals surface area contributed by atoms with Crippen molar-refractivity contribution in [1.82, 2.24) is 4.90 Å². The molecule has 0 saturated heterocycles. The number of non-ortho nitro benzene ring substituents is 1. The van der Waals surface area contributed by atoms with Crippen molar-refractivity contribution in [2.75, 3.05) is 7.05 Å². The molecule has 6 nitrogen and oxygen atoms in total. The van der Waals surface area contributed by atoms with E-state index in [4.69, 9.17) is 0 Å². The standard InChI is InChI=1S/C19H20N2O4/c1-12-8-9-15(10-13(12)2)18(22)14(3)20(4)19(23)16-6-5-7-17(11-16)21(24)25/h5-11,14H,1-4H3. The summed E-state index contributed by atoms with van der Waals surface area (Å²) in [4.78, 5) is 36.8. The molecule has 1 unspecified atom stereocenters. The normalized spacial score (nSPS) is 11.7. The number of hydrogen-bond donors (Lipinski definition) is 0. The molecule has 1 atom stereocenters. The van der Waals surface area contributed by atoms with Crippen molar-refractivity contribution in [3.63, 3.8) is 0 Å². The number of aryl methyl sites for hydroxylation is 2. The maximum absolute atomic E-state index is 12.7. The van der Waals surface area contributed by atoms with Crippen LogP contribution in [0.5, 0.6) is 0 Å². The van der Waals surface area contributed by atoms with Crippen molar-refractivity contribution in [2.24, 2.45) is 0 Å². The number of hydrogen-bond acceptors (Lipinski definition) is 4. The number of amides is 1. The van der Waals surface area contributed by atoms with E-state index in [1.807, 2.05) is 19.9 Å². The summed E-state index contributed by atoms with van der Waals surface area (Å²) in [5.74, 6) is -0.613. The minimum Gasteiger partial charge on any atom is -0.332 e. The second-order valence-electron chi connectivity index (χ2n) is 6.06. The number of benzene rings is 2. The summed E-state index contributed by atoms with van der Waals surface area (Å²) in [6.07, 6.45) is 0. The van der Waals surface area contributed by atoms with E-state index in [-0.39, 0.29) is 17.0 Å². The molecule has 0 N–H and O–H groups in total. The van der Waals surface area contributed by atoms with E-state index >= 15 is 0 Å². The Balaban J connectivity index is 2.23. The number of rotatable bonds is 5. The molecule has 0 saturated carbocycles. The third-order valence-electron chi connectivity index (χ3n) is 4.38. The topological polar surface area (TPSA) is 80.5 Å². The summed E-state index contributed by atoms with van der Waals surface area (Å²) in [5, 5.41) is 10.9. The minimum absolute atomic E-state index is 0.160. The monoisotopic (exact) mass is 340 g/mol. The molecule has 0 radical (unpaired) electrons. The Morgan fingerprint density at radius 1 is 1.04 bits per heavy atom. The molecule has 0 heterocycles. The molecule has 0 aliphatic carbocycles. The van der Waals surface area contributed by atoms with Crippen LogP contribution in [-0.2, 0) is 0 Å². The lowest BCUT2D eigenvalue weighted by Crippen LogP contribution is -2.40. The Hall–Kier alpha value is -3.02. The van der Waals surface area contributed by atoms with E-state index in [2.05, 4.69) is 0 Å². The molecule has 0 aliphatic heterocycles. The van der Waals surface area contributed by atoms with E-state index in [0.29, 0.717) is 5.56 Å². The highest BCUT2D eigenvalue weighted by Crippen LogP contribution is 2.18. The number of likely N-dealkylation sites (N-methyl/N-ethyl adjacent to an activating group) is 1. The van der Waals surface area contributed by atoms with Crippen LogP contribution < -0.4 is 0 Å². The Bertz CT molecular complexity index is 845. The van der Waals surface area contributed by atoms with Gasteiger partial charge in [0.15, 0.2) is 5.78 Å². The van der Waals surface area contributed by atoms with Gasteiger partial charge in [0.2, 0.25) is 0 Å². The van der Waals surface area contributed by atoms with Gasteiger partial charge in [-0.1, -0.05) is 18.2 Å². The fraction of sp³-hybridized carbons (Fsp3) is 0.263. The van der Waals surface area contributed by atoms with Crippen molar-refractivity contribution in [2.45, 2.75) is 26.8 Å². The number of nitro groups is 1. The molecule has 0 aromatic heterocycles. The van der Waals surface area contributed by atoms with Crippen LogP contribution in [0.3, 0.4) is 0 Å². The second-order valence-corrected chi connectivity index (χ2v) is 6.06. The molecule has 0 fully saturated rings. The highest BCUT2D eigenvalue weighted by atomic mass is 16.6. The lowest BCUT2D eigenvalue weighted by molar-refractivity contribution is -0.384. The summed E-state index contributed by atoms with van der Waals surface area (Å²) in [7, 11) is 1.52. The maximum atomic E-state index is 12.7. The zero-order chi connectivity index (χ0) is 18.7. The van der Waals surface area contributed by atoms with E-state index < -0.39 is 16.9 Å². The van der Waals surface area contributed by atoms with Gasteiger partial charge in [0, 0.05) is 30.3 Å². The van der Waals surface area contributed by atoms with Gasteiger partial charge in [-0.2, -0.15) is 0 Å². The quantitative estimate of drug-likeness (QED) is 0.473. The Morgan fingerprint density at radius 2 is 1.72 bits per heavy atom. The molecule has 1 amide bonds. The largest absolute Gasteiger partial charge is 0.332 e. The highest BCUT2D eigenvalue weighted by molar-refractivity contribution is 6.04. The number of nitro benzene ring substituents is 1. The lowest BCUT2D eigenvalue weighted by atomic mass is 9.99. The molecule has 0 aliphatic rings. The van der Waals surface area contributed by atoms with Crippen LogP contribution in [0.15, 0.2) is 42.5 Å². The first kappa shape index (κ1) is 18.3. The van der Waals surface area contributed by atoms with Crippen LogP contribution in [0.4, 0.5) is 5.69 Å². The molecule has 6 heteroatoms. The average Bonchev–Trinajstić information content (AvgIpc) is 2.61. The third kappa shape index (κ3) is 3.91. The fourth-order valence-corrected chi connectivity index (χ4v) is 2.44. The molecule has 25 heavy (non-hydrogen) atoms. The number of carbonyl (C=O) groups is 2. The molecule has 2 aromatic carbocycles. The van der Waals surface area contributed by atoms with Crippen LogP contribution in [0.25, 0.3) is 0 Å². The van der Waals surface area contributed by atoms with Gasteiger partial charge >= 0.3 is 0 Å². The Morgan fingerprint density at radius 3 is 2.32 bits per heavy atom. The van der Waals surface area contributed by atoms with E-state index in [1.165, 1.54) is 36.2 Å². The van der Waals surface area contributed by atoms with Crippen LogP contribution in [0.1, 0.15) is 38.8 Å². The highest BCUT2D eigenvalue weighted by Gasteiger charge is 2.25. The number of Topliss-reactive ketones (excluding diaryl/α,β-unsaturated/α-hetero) is 1. The predicted molar refractivity (Wildman–Crippen MR) is 94.9 cm³/mol. The van der Waals surface area contributed by atoms with Gasteiger partial charge in [-0.05, 0) is 44.0 Å². The zero-order valence-electron chi connectivity index (χ0n) is 14.6. The molecular weight excluding hydrogens is 320 g/mol. The minimum atomic E-state index is -0.686. The first-order valence-corrected chi connectivity index (χ1v) is 7.85. The van der Waals surface area contributed by atoms with Crippen molar-refractivity contribution < 1.29 is 14.5 Å². The van der Waals surface area contributed by atoms with Gasteiger partial charge in [-0.15, -0.1) is 0 Å². The smallest absolute Gasteiger partial charge is 0.270 e. The average molecular weight is 340 g/mol. The maximum Gasteiger partial charge on any atom is 0.270 e. The van der Waals surface area contributed by atoms with Gasteiger partial charge in [0.1, 0.15) is 0 Å². The summed E-state index contributed by atoms with van der Waals surface area (Å²) < 4.78 is 0. The first-order valence-electron chi connectivity index (χ1n) is 7.85. The number of nitrogens with zero attached hydrogens (tertiary/aromatic N) is 2. The molecular formula is C19H20N2O4. The van der Waals surface area contributed by atoms with Gasteiger partial charge in [0.25, 0.3) is 11.6 Å². The Kier molecular flexibility index (Phi) is 5.32. The molecule has 0 spiro atoms. The fourth-order valence-electron chi connectivity index (χ4n) is 2.44. The van der Waals surface area contributed by atoms with Crippen LogP contribution in [0, 0.1) is 24.0 Å². The molecule has 2 rings (SSSR count). The summed E-state index contributed by atoms with van der Waals surface area (Å²) in [5.41, 5.74) is 2.65. The Labute approximate surface area is 146 Å². The molecule has 130 valence electrons. The number of ketones is 1. The SMILES string of the molecule is Cc1ccc(C(=O)C(C)N(C)C(=O)c2cccc([N+](=O)[O-])c2)cc1C.